The largest absolute Gasteiger partial charge is 0.480 e. The molecule has 0 aromatic carbocycles. The van der Waals surface area contributed by atoms with Gasteiger partial charge >= 0.3 is 12.0 Å². The molecule has 1 aliphatic rings. The number of rotatable bonds is 8. The molecule has 1 aliphatic heterocycles. The molecule has 0 unspecified atom stereocenters. The van der Waals surface area contributed by atoms with E-state index >= 15 is 0 Å². The van der Waals surface area contributed by atoms with Crippen LogP contribution in [0, 0.1) is 0 Å². The van der Waals surface area contributed by atoms with Crippen LogP contribution in [-0.2, 0) is 4.79 Å². The molecule has 1 fully saturated rings. The molecule has 1 saturated heterocycles. The Morgan fingerprint density at radius 1 is 1.14 bits per heavy atom. The molecule has 0 saturated carbocycles. The Morgan fingerprint density at radius 3 is 2.33 bits per heavy atom. The Hall–Kier alpha value is -1.30. The Morgan fingerprint density at radius 2 is 1.81 bits per heavy atom. The number of amides is 2. The lowest BCUT2D eigenvalue weighted by Crippen LogP contribution is -2.48. The summed E-state index contributed by atoms with van der Waals surface area (Å²) < 4.78 is 0. The van der Waals surface area contributed by atoms with E-state index in [1.54, 1.807) is 4.90 Å². The van der Waals surface area contributed by atoms with Crippen molar-refractivity contribution in [3.8, 4) is 0 Å². The minimum atomic E-state index is -0.889. The van der Waals surface area contributed by atoms with Crippen LogP contribution in [0.4, 0.5) is 4.79 Å². The van der Waals surface area contributed by atoms with Crippen molar-refractivity contribution >= 4 is 12.0 Å². The number of likely N-dealkylation sites (tertiary alicyclic amines) is 1. The normalized spacial score (nSPS) is 18.3. The number of aliphatic carboxylic acids is 1. The summed E-state index contributed by atoms with van der Waals surface area (Å²) >= 11 is 0. The number of nitrogens with zero attached hydrogens (tertiary/aromatic N) is 3. The molecule has 2 amide bonds. The summed E-state index contributed by atoms with van der Waals surface area (Å²) in [6.45, 7) is 11.1. The van der Waals surface area contributed by atoms with Gasteiger partial charge in [-0.2, -0.15) is 0 Å². The first-order chi connectivity index (χ1) is 10.0. The molecule has 122 valence electrons. The van der Waals surface area contributed by atoms with Gasteiger partial charge in [-0.3, -0.25) is 0 Å². The highest BCUT2D eigenvalue weighted by Gasteiger charge is 2.35. The van der Waals surface area contributed by atoms with E-state index in [-0.39, 0.29) is 6.03 Å². The minimum absolute atomic E-state index is 0.123. The van der Waals surface area contributed by atoms with Crippen LogP contribution in [0.2, 0.25) is 0 Å². The summed E-state index contributed by atoms with van der Waals surface area (Å²) in [5.41, 5.74) is 0. The van der Waals surface area contributed by atoms with Gasteiger partial charge in [0.25, 0.3) is 0 Å². The lowest BCUT2D eigenvalue weighted by atomic mass is 10.2. The molecule has 6 nitrogen and oxygen atoms in total. The van der Waals surface area contributed by atoms with Crippen molar-refractivity contribution in [3.63, 3.8) is 0 Å². The van der Waals surface area contributed by atoms with Crippen LogP contribution >= 0.6 is 0 Å². The Balaban J connectivity index is 2.51. The second-order valence-electron chi connectivity index (χ2n) is 5.43. The molecule has 1 atom stereocenters. The van der Waals surface area contributed by atoms with Crippen molar-refractivity contribution in [1.29, 1.82) is 0 Å². The highest BCUT2D eigenvalue weighted by atomic mass is 16.4. The highest BCUT2D eigenvalue weighted by molar-refractivity contribution is 5.83. The summed E-state index contributed by atoms with van der Waals surface area (Å²) in [5, 5.41) is 9.18. The molecular weight excluding hydrogens is 270 g/mol. The topological polar surface area (TPSA) is 64.1 Å². The number of carbonyl (C=O) groups excluding carboxylic acids is 1. The fourth-order valence-electron chi connectivity index (χ4n) is 2.85. The molecule has 6 heteroatoms. The molecule has 1 rings (SSSR count). The van der Waals surface area contributed by atoms with Gasteiger partial charge in [0.15, 0.2) is 0 Å². The first-order valence-electron chi connectivity index (χ1n) is 8.05. The minimum Gasteiger partial charge on any atom is -0.480 e. The van der Waals surface area contributed by atoms with E-state index in [9.17, 15) is 14.7 Å². The molecule has 21 heavy (non-hydrogen) atoms. The summed E-state index contributed by atoms with van der Waals surface area (Å²) in [6, 6.07) is -0.767. The SMILES string of the molecule is CCN(CC)CCCN(CC)C(=O)N1CCC[C@H]1C(=O)O. The number of carboxylic acid groups (broad SMARTS) is 1. The second kappa shape index (κ2) is 8.87. The maximum Gasteiger partial charge on any atom is 0.326 e. The van der Waals surface area contributed by atoms with Crippen LogP contribution in [0.15, 0.2) is 0 Å². The summed E-state index contributed by atoms with van der Waals surface area (Å²) in [4.78, 5) is 29.3. The van der Waals surface area contributed by atoms with Crippen molar-refractivity contribution in [2.75, 3.05) is 39.3 Å². The zero-order valence-electron chi connectivity index (χ0n) is 13.5. The van der Waals surface area contributed by atoms with Gasteiger partial charge in [-0.25, -0.2) is 9.59 Å². The first-order valence-corrected chi connectivity index (χ1v) is 8.05. The van der Waals surface area contributed by atoms with E-state index in [2.05, 4.69) is 18.7 Å². The third kappa shape index (κ3) is 4.88. The van der Waals surface area contributed by atoms with Crippen LogP contribution < -0.4 is 0 Å². The predicted octanol–water partition coefficient (Wildman–Crippen LogP) is 1.71. The van der Waals surface area contributed by atoms with Crippen LogP contribution in [0.25, 0.3) is 0 Å². The quantitative estimate of drug-likeness (QED) is 0.741. The van der Waals surface area contributed by atoms with Crippen molar-refractivity contribution in [2.24, 2.45) is 0 Å². The standard InChI is InChI=1S/C15H29N3O3/c1-4-16(5-2)10-8-11-17(6-3)15(21)18-12-7-9-13(18)14(19)20/h13H,4-12H2,1-3H3,(H,19,20)/t13-/m0/s1. The molecule has 0 aliphatic carbocycles. The van der Waals surface area contributed by atoms with Gasteiger partial charge in [0.2, 0.25) is 0 Å². The molecule has 0 spiro atoms. The predicted molar refractivity (Wildman–Crippen MR) is 82.4 cm³/mol. The second-order valence-corrected chi connectivity index (χ2v) is 5.43. The fraction of sp³-hybridized carbons (Fsp3) is 0.867. The third-order valence-electron chi connectivity index (χ3n) is 4.23. The van der Waals surface area contributed by atoms with Gasteiger partial charge in [-0.15, -0.1) is 0 Å². The number of urea groups is 1. The number of hydrogen-bond donors (Lipinski definition) is 1. The Bertz CT molecular complexity index is 345. The molecule has 1 N–H and O–H groups in total. The lowest BCUT2D eigenvalue weighted by molar-refractivity contribution is -0.141. The molecule has 0 aromatic rings. The summed E-state index contributed by atoms with van der Waals surface area (Å²) in [6.07, 6.45) is 2.27. The van der Waals surface area contributed by atoms with E-state index in [1.165, 1.54) is 4.90 Å². The van der Waals surface area contributed by atoms with Gasteiger partial charge in [0, 0.05) is 19.6 Å². The van der Waals surface area contributed by atoms with Crippen molar-refractivity contribution in [3.05, 3.63) is 0 Å². The third-order valence-corrected chi connectivity index (χ3v) is 4.23. The maximum atomic E-state index is 12.5. The molecule has 1 heterocycles. The van der Waals surface area contributed by atoms with E-state index < -0.39 is 12.0 Å². The number of hydrogen-bond acceptors (Lipinski definition) is 3. The first kappa shape index (κ1) is 17.8. The summed E-state index contributed by atoms with van der Waals surface area (Å²) in [5.74, 6) is -0.889. The average Bonchev–Trinajstić information content (AvgIpc) is 2.96. The van der Waals surface area contributed by atoms with Gasteiger partial charge in [0.1, 0.15) is 6.04 Å². The zero-order valence-corrected chi connectivity index (χ0v) is 13.5. The van der Waals surface area contributed by atoms with Gasteiger partial charge in [-0.05, 0) is 45.8 Å². The zero-order chi connectivity index (χ0) is 15.8. The number of carboxylic acids is 1. The molecular formula is C15H29N3O3. The van der Waals surface area contributed by atoms with Gasteiger partial charge in [0.05, 0.1) is 0 Å². The van der Waals surface area contributed by atoms with E-state index in [0.717, 1.165) is 32.5 Å². The van der Waals surface area contributed by atoms with Crippen LogP contribution in [0.5, 0.6) is 0 Å². The highest BCUT2D eigenvalue weighted by Crippen LogP contribution is 2.19. The molecule has 0 radical (unpaired) electrons. The number of carbonyl (C=O) groups is 2. The van der Waals surface area contributed by atoms with Crippen molar-refractivity contribution in [2.45, 2.75) is 46.1 Å². The Labute approximate surface area is 127 Å². The van der Waals surface area contributed by atoms with Crippen molar-refractivity contribution in [1.82, 2.24) is 14.7 Å². The summed E-state index contributed by atoms with van der Waals surface area (Å²) in [7, 11) is 0. The van der Waals surface area contributed by atoms with Crippen LogP contribution in [0.1, 0.15) is 40.0 Å². The monoisotopic (exact) mass is 299 g/mol. The molecule has 0 aromatic heterocycles. The molecule has 0 bridgehead atoms. The van der Waals surface area contributed by atoms with E-state index in [4.69, 9.17) is 0 Å². The van der Waals surface area contributed by atoms with E-state index in [1.807, 2.05) is 6.92 Å². The maximum absolute atomic E-state index is 12.5. The van der Waals surface area contributed by atoms with Crippen LogP contribution in [-0.4, -0.2) is 77.1 Å². The average molecular weight is 299 g/mol. The van der Waals surface area contributed by atoms with Gasteiger partial charge in [-0.1, -0.05) is 13.8 Å². The van der Waals surface area contributed by atoms with Crippen molar-refractivity contribution < 1.29 is 14.7 Å². The lowest BCUT2D eigenvalue weighted by Gasteiger charge is -2.30. The smallest absolute Gasteiger partial charge is 0.326 e. The van der Waals surface area contributed by atoms with E-state index in [0.29, 0.717) is 26.1 Å². The van der Waals surface area contributed by atoms with Crippen LogP contribution in [0.3, 0.4) is 0 Å². The fourth-order valence-corrected chi connectivity index (χ4v) is 2.85. The van der Waals surface area contributed by atoms with Gasteiger partial charge < -0.3 is 19.8 Å². The Kier molecular flexibility index (Phi) is 7.50.